The molecule has 2 heterocycles. The fourth-order valence-corrected chi connectivity index (χ4v) is 4.20. The van der Waals surface area contributed by atoms with Crippen LogP contribution in [0.2, 0.25) is 0 Å². The maximum absolute atomic E-state index is 11.2. The number of ether oxygens (including phenoxy) is 1. The lowest BCUT2D eigenvalue weighted by atomic mass is 9.93. The van der Waals surface area contributed by atoms with Gasteiger partial charge in [0.15, 0.2) is 6.17 Å². The van der Waals surface area contributed by atoms with E-state index in [0.717, 1.165) is 16.8 Å². The molecule has 13 heteroatoms. The summed E-state index contributed by atoms with van der Waals surface area (Å²) in [6.07, 6.45) is 1.99. The molecular weight excluding hydrogens is 432 g/mol. The lowest BCUT2D eigenvalue weighted by Gasteiger charge is -2.26. The van der Waals surface area contributed by atoms with Crippen LogP contribution in [-0.2, 0) is 13.9 Å². The van der Waals surface area contributed by atoms with Gasteiger partial charge in [0.25, 0.3) is 0 Å². The van der Waals surface area contributed by atoms with Crippen LogP contribution in [0.15, 0.2) is 39.4 Å². The first kappa shape index (κ1) is 22.8. The van der Waals surface area contributed by atoms with Crippen molar-refractivity contribution in [2.24, 2.45) is 26.7 Å². The summed E-state index contributed by atoms with van der Waals surface area (Å²) >= 11 is 0. The molecule has 0 aliphatic carbocycles. The molecule has 30 heavy (non-hydrogen) atoms. The third kappa shape index (κ3) is 4.72. The molecule has 0 aromatic heterocycles. The fraction of sp³-hybridized carbons (Fsp3) is 0.471. The Morgan fingerprint density at radius 2 is 2.00 bits per heavy atom. The van der Waals surface area contributed by atoms with Crippen molar-refractivity contribution in [3.8, 4) is 0 Å². The highest BCUT2D eigenvalue weighted by Gasteiger charge is 2.46. The average molecular weight is 457 g/mol. The van der Waals surface area contributed by atoms with Crippen LogP contribution in [0.3, 0.4) is 0 Å². The summed E-state index contributed by atoms with van der Waals surface area (Å²) in [6, 6.07) is 7.93. The van der Waals surface area contributed by atoms with Gasteiger partial charge in [-0.1, -0.05) is 29.8 Å². The Balaban J connectivity index is 1.63. The molecule has 0 spiro atoms. The maximum atomic E-state index is 11.2. The second-order valence-electron chi connectivity index (χ2n) is 7.10. The number of hydrogen-bond donors (Lipinski definition) is 4. The average Bonchev–Trinajstić information content (AvgIpc) is 3.07. The number of unbranched alkanes of at least 4 members (excludes halogenated alkanes) is 1. The van der Waals surface area contributed by atoms with Gasteiger partial charge in [-0.05, 0) is 25.3 Å². The number of rotatable bonds is 9. The summed E-state index contributed by atoms with van der Waals surface area (Å²) in [5.41, 5.74) is 8.96. The standard InChI is InChI=1S/C17H25N5O6P2/c1-11-4-6-12(7-5-11)14-13-15(18)19-10-20-16(13)22(21-14)8-2-3-9-28-17(23,29-24)30(25,26)27/h4-7,10,13,16,23H,2-3,8-9,29H2,1H3,(H2,18,19,20)(H2,25,26,27). The number of hydrogen-bond acceptors (Lipinski definition) is 9. The third-order valence-electron chi connectivity index (χ3n) is 4.89. The summed E-state index contributed by atoms with van der Waals surface area (Å²) in [5, 5.41) is 13.3. The topological polar surface area (TPSA) is 170 Å². The van der Waals surface area contributed by atoms with E-state index >= 15 is 0 Å². The zero-order valence-electron chi connectivity index (χ0n) is 16.3. The van der Waals surface area contributed by atoms with Crippen LogP contribution in [0.25, 0.3) is 0 Å². The molecule has 4 unspecified atom stereocenters. The second-order valence-corrected chi connectivity index (χ2v) is 10.3. The van der Waals surface area contributed by atoms with E-state index in [9.17, 15) is 14.2 Å². The number of aryl methyl sites for hydroxylation is 1. The van der Waals surface area contributed by atoms with Crippen molar-refractivity contribution in [3.05, 3.63) is 35.4 Å². The van der Waals surface area contributed by atoms with Crippen LogP contribution in [-0.4, -0.2) is 62.4 Å². The first-order chi connectivity index (χ1) is 14.2. The van der Waals surface area contributed by atoms with E-state index in [1.165, 1.54) is 6.34 Å². The molecule has 2 aliphatic rings. The lowest BCUT2D eigenvalue weighted by molar-refractivity contribution is -0.0889. The maximum Gasteiger partial charge on any atom is 0.391 e. The van der Waals surface area contributed by atoms with Gasteiger partial charge in [0.1, 0.15) is 26.6 Å². The monoisotopic (exact) mass is 457 g/mol. The van der Waals surface area contributed by atoms with E-state index in [1.807, 2.05) is 31.2 Å². The van der Waals surface area contributed by atoms with E-state index in [-0.39, 0.29) is 18.7 Å². The van der Waals surface area contributed by atoms with Crippen molar-refractivity contribution in [1.82, 2.24) is 5.01 Å². The van der Waals surface area contributed by atoms with Crippen LogP contribution in [0, 0.1) is 12.8 Å². The highest BCUT2D eigenvalue weighted by atomic mass is 31.2. The number of benzene rings is 1. The molecule has 164 valence electrons. The summed E-state index contributed by atoms with van der Waals surface area (Å²) in [6.45, 7) is 2.31. The van der Waals surface area contributed by atoms with Crippen molar-refractivity contribution < 1.29 is 28.8 Å². The van der Waals surface area contributed by atoms with Gasteiger partial charge in [-0.15, -0.1) is 0 Å². The quantitative estimate of drug-likeness (QED) is 0.238. The predicted molar refractivity (Wildman–Crippen MR) is 114 cm³/mol. The van der Waals surface area contributed by atoms with Crippen LogP contribution < -0.4 is 5.73 Å². The van der Waals surface area contributed by atoms with E-state index in [0.29, 0.717) is 25.2 Å². The summed E-state index contributed by atoms with van der Waals surface area (Å²) in [4.78, 5) is 26.7. The highest BCUT2D eigenvalue weighted by Crippen LogP contribution is 2.55. The predicted octanol–water partition coefficient (Wildman–Crippen LogP) is 0.691. The lowest BCUT2D eigenvalue weighted by Crippen LogP contribution is -2.42. The SMILES string of the molecule is Cc1ccc(C2=NN(CCCCOC(O)([PH2]=O)P(=O)(O)O)C3N=CN=C(N)C23)cc1. The molecule has 0 saturated heterocycles. The van der Waals surface area contributed by atoms with Crippen LogP contribution >= 0.6 is 16.1 Å². The molecule has 0 bridgehead atoms. The van der Waals surface area contributed by atoms with Crippen molar-refractivity contribution in [1.29, 1.82) is 0 Å². The Morgan fingerprint density at radius 3 is 2.63 bits per heavy atom. The Kier molecular flexibility index (Phi) is 6.91. The van der Waals surface area contributed by atoms with E-state index in [2.05, 4.69) is 9.98 Å². The van der Waals surface area contributed by atoms with Gasteiger partial charge >= 0.3 is 12.9 Å². The zero-order valence-corrected chi connectivity index (χ0v) is 18.4. The summed E-state index contributed by atoms with van der Waals surface area (Å²) in [7, 11) is -7.28. The Labute approximate surface area is 174 Å². The van der Waals surface area contributed by atoms with Crippen molar-refractivity contribution in [2.75, 3.05) is 13.2 Å². The van der Waals surface area contributed by atoms with Crippen LogP contribution in [0.1, 0.15) is 24.0 Å². The fourth-order valence-electron chi connectivity index (χ4n) is 3.21. The Bertz CT molecular complexity index is 931. The van der Waals surface area contributed by atoms with Crippen LogP contribution in [0.4, 0.5) is 0 Å². The molecule has 5 N–H and O–H groups in total. The van der Waals surface area contributed by atoms with Crippen LogP contribution in [0.5, 0.6) is 0 Å². The first-order valence-corrected chi connectivity index (χ1v) is 12.0. The molecule has 0 amide bonds. The molecule has 4 atom stereocenters. The third-order valence-corrected chi connectivity index (χ3v) is 7.66. The number of aliphatic imine (C=N–C) groups is 2. The van der Waals surface area contributed by atoms with Gasteiger partial charge in [-0.2, -0.15) is 5.10 Å². The molecule has 0 saturated carbocycles. The van der Waals surface area contributed by atoms with Gasteiger partial charge in [-0.25, -0.2) is 9.98 Å². The number of aliphatic hydroxyl groups is 1. The smallest absolute Gasteiger partial charge is 0.386 e. The molecule has 1 aromatic rings. The normalized spacial score (nSPS) is 23.4. The van der Waals surface area contributed by atoms with E-state index in [4.69, 9.17) is 25.4 Å². The number of hydrazone groups is 1. The summed E-state index contributed by atoms with van der Waals surface area (Å²) in [5.74, 6) is 0.169. The molecule has 11 nitrogen and oxygen atoms in total. The first-order valence-electron chi connectivity index (χ1n) is 9.31. The van der Waals surface area contributed by atoms with Gasteiger partial charge < -0.3 is 29.9 Å². The molecule has 2 aliphatic heterocycles. The van der Waals surface area contributed by atoms with Crippen molar-refractivity contribution >= 4 is 33.9 Å². The van der Waals surface area contributed by atoms with Crippen molar-refractivity contribution in [2.45, 2.75) is 31.2 Å². The number of nitrogens with two attached hydrogens (primary N) is 1. The van der Waals surface area contributed by atoms with Gasteiger partial charge in [0, 0.05) is 6.54 Å². The van der Waals surface area contributed by atoms with Gasteiger partial charge in [-0.3, -0.25) is 9.57 Å². The zero-order chi connectivity index (χ0) is 21.9. The van der Waals surface area contributed by atoms with E-state index < -0.39 is 21.3 Å². The number of amidine groups is 1. The number of fused-ring (bicyclic) bond motifs is 1. The van der Waals surface area contributed by atoms with Crippen molar-refractivity contribution in [3.63, 3.8) is 0 Å². The van der Waals surface area contributed by atoms with Gasteiger partial charge in [0.2, 0.25) is 0 Å². The highest BCUT2D eigenvalue weighted by molar-refractivity contribution is 7.62. The minimum Gasteiger partial charge on any atom is -0.386 e. The van der Waals surface area contributed by atoms with Gasteiger partial charge in [0.05, 0.1) is 12.3 Å². The molecular formula is C17H25N5O6P2. The Hall–Kier alpha value is -1.87. The number of nitrogens with zero attached hydrogens (tertiary/aromatic N) is 4. The Morgan fingerprint density at radius 1 is 1.30 bits per heavy atom. The minimum atomic E-state index is -5.05. The summed E-state index contributed by atoms with van der Waals surface area (Å²) < 4.78 is 27.0. The molecule has 0 fully saturated rings. The molecule has 1 aromatic carbocycles. The molecule has 0 radical (unpaired) electrons. The second kappa shape index (κ2) is 9.09. The molecule has 3 rings (SSSR count). The minimum absolute atomic E-state index is 0.166. The van der Waals surface area contributed by atoms with E-state index in [1.54, 1.807) is 5.01 Å². The largest absolute Gasteiger partial charge is 0.391 e.